The number of halogens is 1. The molecule has 3 rings (SSSR count). The Labute approximate surface area is 142 Å². The number of rotatable bonds is 4. The minimum absolute atomic E-state index is 0.341. The molecule has 0 amide bonds. The number of benzene rings is 1. The van der Waals surface area contributed by atoms with Crippen LogP contribution in [0.4, 0.5) is 0 Å². The Morgan fingerprint density at radius 1 is 1.30 bits per heavy atom. The Balaban J connectivity index is 1.97. The SMILES string of the molecule is COC(=O)c1ccccc1Cn1ccnc1-c1cncc(Br)c1. The van der Waals surface area contributed by atoms with Gasteiger partial charge in [0.05, 0.1) is 12.7 Å². The number of methoxy groups -OCH3 is 1. The molecule has 6 heteroatoms. The summed E-state index contributed by atoms with van der Waals surface area (Å²) >= 11 is 3.42. The second-order valence-corrected chi connectivity index (χ2v) is 5.83. The summed E-state index contributed by atoms with van der Waals surface area (Å²) < 4.78 is 7.71. The number of aromatic nitrogens is 3. The molecule has 3 aromatic rings. The molecule has 0 saturated heterocycles. The summed E-state index contributed by atoms with van der Waals surface area (Å²) in [6.07, 6.45) is 7.10. The number of esters is 1. The van der Waals surface area contributed by atoms with E-state index in [0.29, 0.717) is 12.1 Å². The molecular formula is C17H14BrN3O2. The zero-order chi connectivity index (χ0) is 16.2. The summed E-state index contributed by atoms with van der Waals surface area (Å²) in [6.45, 7) is 0.521. The third kappa shape index (κ3) is 3.32. The van der Waals surface area contributed by atoms with Crippen molar-refractivity contribution in [3.63, 3.8) is 0 Å². The lowest BCUT2D eigenvalue weighted by atomic mass is 10.1. The van der Waals surface area contributed by atoms with Crippen molar-refractivity contribution in [2.45, 2.75) is 6.54 Å². The van der Waals surface area contributed by atoms with Crippen LogP contribution in [0.15, 0.2) is 59.6 Å². The molecule has 23 heavy (non-hydrogen) atoms. The third-order valence-corrected chi connectivity index (χ3v) is 3.88. The van der Waals surface area contributed by atoms with Gasteiger partial charge in [-0.1, -0.05) is 18.2 Å². The van der Waals surface area contributed by atoms with Gasteiger partial charge in [-0.3, -0.25) is 4.98 Å². The molecule has 2 heterocycles. The van der Waals surface area contributed by atoms with Crippen molar-refractivity contribution >= 4 is 21.9 Å². The topological polar surface area (TPSA) is 57.0 Å². The molecule has 116 valence electrons. The summed E-state index contributed by atoms with van der Waals surface area (Å²) in [6, 6.07) is 9.35. The van der Waals surface area contributed by atoms with E-state index in [-0.39, 0.29) is 5.97 Å². The average Bonchev–Trinajstić information content (AvgIpc) is 3.03. The van der Waals surface area contributed by atoms with Gasteiger partial charge in [-0.25, -0.2) is 9.78 Å². The van der Waals surface area contributed by atoms with Gasteiger partial charge < -0.3 is 9.30 Å². The first-order valence-corrected chi connectivity index (χ1v) is 7.76. The van der Waals surface area contributed by atoms with Crippen LogP contribution in [0.3, 0.4) is 0 Å². The number of pyridine rings is 1. The number of nitrogens with zero attached hydrogens (tertiary/aromatic N) is 3. The monoisotopic (exact) mass is 371 g/mol. The molecular weight excluding hydrogens is 358 g/mol. The van der Waals surface area contributed by atoms with Crippen LogP contribution in [-0.4, -0.2) is 27.6 Å². The number of hydrogen-bond donors (Lipinski definition) is 0. The van der Waals surface area contributed by atoms with Gasteiger partial charge in [0.2, 0.25) is 0 Å². The molecule has 0 aliphatic heterocycles. The zero-order valence-electron chi connectivity index (χ0n) is 12.4. The highest BCUT2D eigenvalue weighted by atomic mass is 79.9. The molecule has 0 atom stereocenters. The van der Waals surface area contributed by atoms with Crippen molar-refractivity contribution in [1.29, 1.82) is 0 Å². The number of hydrogen-bond acceptors (Lipinski definition) is 4. The molecule has 5 nitrogen and oxygen atoms in total. The molecule has 0 fully saturated rings. The maximum Gasteiger partial charge on any atom is 0.338 e. The van der Waals surface area contributed by atoms with E-state index in [1.165, 1.54) is 7.11 Å². The van der Waals surface area contributed by atoms with Gasteiger partial charge in [0, 0.05) is 41.4 Å². The highest BCUT2D eigenvalue weighted by molar-refractivity contribution is 9.10. The van der Waals surface area contributed by atoms with Crippen LogP contribution < -0.4 is 0 Å². The van der Waals surface area contributed by atoms with Crippen molar-refractivity contribution in [1.82, 2.24) is 14.5 Å². The highest BCUT2D eigenvalue weighted by Crippen LogP contribution is 2.22. The van der Waals surface area contributed by atoms with Crippen molar-refractivity contribution in [3.8, 4) is 11.4 Å². The fourth-order valence-corrected chi connectivity index (χ4v) is 2.75. The molecule has 0 spiro atoms. The quantitative estimate of drug-likeness (QED) is 0.658. The number of carbonyl (C=O) groups excluding carboxylic acids is 1. The smallest absolute Gasteiger partial charge is 0.338 e. The first-order chi connectivity index (χ1) is 11.2. The maximum absolute atomic E-state index is 11.9. The van der Waals surface area contributed by atoms with Gasteiger partial charge in [0.25, 0.3) is 0 Å². The molecule has 0 aliphatic rings. The van der Waals surface area contributed by atoms with E-state index in [1.54, 1.807) is 24.7 Å². The summed E-state index contributed by atoms with van der Waals surface area (Å²) in [5, 5.41) is 0. The first-order valence-electron chi connectivity index (χ1n) is 6.97. The van der Waals surface area contributed by atoms with E-state index in [1.807, 2.05) is 35.0 Å². The molecule has 1 aromatic carbocycles. The predicted octanol–water partition coefficient (Wildman–Crippen LogP) is 3.54. The fourth-order valence-electron chi connectivity index (χ4n) is 2.38. The second-order valence-electron chi connectivity index (χ2n) is 4.92. The van der Waals surface area contributed by atoms with Crippen LogP contribution in [0.1, 0.15) is 15.9 Å². The molecule has 0 unspecified atom stereocenters. The molecule has 0 aliphatic carbocycles. The van der Waals surface area contributed by atoms with Gasteiger partial charge in [-0.15, -0.1) is 0 Å². The van der Waals surface area contributed by atoms with E-state index in [2.05, 4.69) is 25.9 Å². The third-order valence-electron chi connectivity index (χ3n) is 3.44. The Morgan fingerprint density at radius 2 is 2.13 bits per heavy atom. The Kier molecular flexibility index (Phi) is 4.52. The first kappa shape index (κ1) is 15.4. The lowest BCUT2D eigenvalue weighted by Crippen LogP contribution is -2.09. The molecule has 2 aromatic heterocycles. The van der Waals surface area contributed by atoms with Gasteiger partial charge >= 0.3 is 5.97 Å². The van der Waals surface area contributed by atoms with Crippen LogP contribution in [0.5, 0.6) is 0 Å². The Hall–Kier alpha value is -2.47. The van der Waals surface area contributed by atoms with E-state index < -0.39 is 0 Å². The standard InChI is InChI=1S/C17H14BrN3O2/c1-23-17(22)15-5-3-2-4-12(15)11-21-7-6-20-16(21)13-8-14(18)10-19-9-13/h2-10H,11H2,1H3. The summed E-state index contributed by atoms with van der Waals surface area (Å²) in [7, 11) is 1.38. The number of carbonyl (C=O) groups is 1. The Morgan fingerprint density at radius 3 is 2.91 bits per heavy atom. The number of imidazole rings is 1. The van der Waals surface area contributed by atoms with Crippen molar-refractivity contribution in [2.24, 2.45) is 0 Å². The maximum atomic E-state index is 11.9. The Bertz CT molecular complexity index is 845. The van der Waals surface area contributed by atoms with Crippen molar-refractivity contribution in [3.05, 3.63) is 70.7 Å². The van der Waals surface area contributed by atoms with Gasteiger partial charge in [0.15, 0.2) is 0 Å². The minimum atomic E-state index is -0.341. The van der Waals surface area contributed by atoms with Crippen LogP contribution in [0, 0.1) is 0 Å². The number of ether oxygens (including phenoxy) is 1. The lowest BCUT2D eigenvalue weighted by Gasteiger charge is -2.11. The normalized spacial score (nSPS) is 10.5. The molecule has 0 N–H and O–H groups in total. The van der Waals surface area contributed by atoms with Crippen molar-refractivity contribution in [2.75, 3.05) is 7.11 Å². The van der Waals surface area contributed by atoms with Gasteiger partial charge in [0.1, 0.15) is 5.82 Å². The predicted molar refractivity (Wildman–Crippen MR) is 90.0 cm³/mol. The van der Waals surface area contributed by atoms with Gasteiger partial charge in [-0.05, 0) is 33.6 Å². The van der Waals surface area contributed by atoms with Crippen LogP contribution >= 0.6 is 15.9 Å². The minimum Gasteiger partial charge on any atom is -0.465 e. The highest BCUT2D eigenvalue weighted by Gasteiger charge is 2.13. The van der Waals surface area contributed by atoms with E-state index in [4.69, 9.17) is 4.74 Å². The van der Waals surface area contributed by atoms with Crippen LogP contribution in [0.2, 0.25) is 0 Å². The second kappa shape index (κ2) is 6.75. The van der Waals surface area contributed by atoms with Crippen LogP contribution in [-0.2, 0) is 11.3 Å². The van der Waals surface area contributed by atoms with E-state index in [9.17, 15) is 4.79 Å². The molecule has 0 radical (unpaired) electrons. The average molecular weight is 372 g/mol. The zero-order valence-corrected chi connectivity index (χ0v) is 14.0. The van der Waals surface area contributed by atoms with Gasteiger partial charge in [-0.2, -0.15) is 0 Å². The fraction of sp³-hybridized carbons (Fsp3) is 0.118. The largest absolute Gasteiger partial charge is 0.465 e. The molecule has 0 bridgehead atoms. The van der Waals surface area contributed by atoms with E-state index >= 15 is 0 Å². The van der Waals surface area contributed by atoms with Crippen molar-refractivity contribution < 1.29 is 9.53 Å². The van der Waals surface area contributed by atoms with Crippen LogP contribution in [0.25, 0.3) is 11.4 Å². The van der Waals surface area contributed by atoms with E-state index in [0.717, 1.165) is 21.4 Å². The molecule has 0 saturated carbocycles. The summed E-state index contributed by atoms with van der Waals surface area (Å²) in [5.41, 5.74) is 2.34. The summed E-state index contributed by atoms with van der Waals surface area (Å²) in [5.74, 6) is 0.449. The summed E-state index contributed by atoms with van der Waals surface area (Å²) in [4.78, 5) is 20.5. The lowest BCUT2D eigenvalue weighted by molar-refractivity contribution is 0.0599.